The van der Waals surface area contributed by atoms with E-state index < -0.39 is 0 Å². The van der Waals surface area contributed by atoms with Crippen molar-refractivity contribution in [3.05, 3.63) is 126 Å². The van der Waals surface area contributed by atoms with Gasteiger partial charge in [0.25, 0.3) is 0 Å². The lowest BCUT2D eigenvalue weighted by molar-refractivity contribution is 1.08. The first-order valence-corrected chi connectivity index (χ1v) is 10.5. The molecule has 1 aliphatic rings. The minimum atomic E-state index is 0.875. The number of para-hydroxylation sites is 3. The van der Waals surface area contributed by atoms with Gasteiger partial charge < -0.3 is 4.90 Å². The summed E-state index contributed by atoms with van der Waals surface area (Å²) in [6, 6.07) is 37.4. The van der Waals surface area contributed by atoms with E-state index in [0.717, 1.165) is 23.5 Å². The SMILES string of the molecule is C1=Cc2cc(/C=N/N(c3ccccc3)c3ccccc3)ccc2N(c2ccccc2)C1. The number of benzene rings is 4. The second-order valence-electron chi connectivity index (χ2n) is 7.39. The minimum Gasteiger partial charge on any atom is -0.337 e. The molecule has 0 amide bonds. The molecule has 4 aromatic rings. The van der Waals surface area contributed by atoms with Crippen molar-refractivity contribution in [2.45, 2.75) is 0 Å². The van der Waals surface area contributed by atoms with Crippen LogP contribution in [-0.2, 0) is 0 Å². The van der Waals surface area contributed by atoms with Gasteiger partial charge in [-0.2, -0.15) is 5.10 Å². The average molecular weight is 402 g/mol. The van der Waals surface area contributed by atoms with Crippen molar-refractivity contribution >= 4 is 35.0 Å². The fourth-order valence-corrected chi connectivity index (χ4v) is 3.81. The molecule has 0 saturated carbocycles. The fourth-order valence-electron chi connectivity index (χ4n) is 3.81. The number of nitrogens with zero attached hydrogens (tertiary/aromatic N) is 3. The lowest BCUT2D eigenvalue weighted by Crippen LogP contribution is -2.20. The van der Waals surface area contributed by atoms with Gasteiger partial charge in [-0.25, -0.2) is 5.01 Å². The molecule has 0 saturated heterocycles. The summed E-state index contributed by atoms with van der Waals surface area (Å²) in [7, 11) is 0. The van der Waals surface area contributed by atoms with Crippen LogP contribution >= 0.6 is 0 Å². The monoisotopic (exact) mass is 401 g/mol. The Morgan fingerprint density at radius 2 is 1.32 bits per heavy atom. The molecule has 0 fully saturated rings. The molecule has 31 heavy (non-hydrogen) atoms. The van der Waals surface area contributed by atoms with Gasteiger partial charge in [0, 0.05) is 17.9 Å². The molecule has 4 aromatic carbocycles. The van der Waals surface area contributed by atoms with Gasteiger partial charge in [-0.3, -0.25) is 0 Å². The van der Waals surface area contributed by atoms with Crippen LogP contribution in [0.3, 0.4) is 0 Å². The normalized spacial score (nSPS) is 12.7. The molecule has 0 aromatic heterocycles. The third-order valence-corrected chi connectivity index (χ3v) is 5.32. The van der Waals surface area contributed by atoms with E-state index in [1.807, 2.05) is 47.6 Å². The maximum atomic E-state index is 4.83. The molecule has 1 aliphatic heterocycles. The molecule has 0 bridgehead atoms. The van der Waals surface area contributed by atoms with Crippen LogP contribution in [0.4, 0.5) is 22.7 Å². The zero-order valence-corrected chi connectivity index (χ0v) is 17.2. The molecule has 150 valence electrons. The third kappa shape index (κ3) is 4.12. The molecule has 5 rings (SSSR count). The van der Waals surface area contributed by atoms with E-state index >= 15 is 0 Å². The zero-order valence-electron chi connectivity index (χ0n) is 17.2. The van der Waals surface area contributed by atoms with Crippen molar-refractivity contribution < 1.29 is 0 Å². The Hall–Kier alpha value is -4.11. The fraction of sp³-hybridized carbons (Fsp3) is 0.0357. The predicted molar refractivity (Wildman–Crippen MR) is 132 cm³/mol. The van der Waals surface area contributed by atoms with Gasteiger partial charge in [-0.05, 0) is 59.7 Å². The highest BCUT2D eigenvalue weighted by atomic mass is 15.5. The molecular formula is C28H23N3. The predicted octanol–water partition coefficient (Wildman–Crippen LogP) is 7.02. The topological polar surface area (TPSA) is 18.8 Å². The van der Waals surface area contributed by atoms with Crippen molar-refractivity contribution in [1.29, 1.82) is 0 Å². The Morgan fingerprint density at radius 1 is 0.710 bits per heavy atom. The van der Waals surface area contributed by atoms with Crippen molar-refractivity contribution in [3.8, 4) is 0 Å². The van der Waals surface area contributed by atoms with E-state index in [1.54, 1.807) is 0 Å². The molecule has 3 heteroatoms. The molecule has 0 radical (unpaired) electrons. The van der Waals surface area contributed by atoms with E-state index in [-0.39, 0.29) is 0 Å². The Kier molecular flexibility index (Phi) is 5.31. The Labute approximate surface area is 183 Å². The van der Waals surface area contributed by atoms with Crippen LogP contribution in [0.25, 0.3) is 6.08 Å². The summed E-state index contributed by atoms with van der Waals surface area (Å²) < 4.78 is 0. The molecule has 0 atom stereocenters. The number of hydrazone groups is 1. The smallest absolute Gasteiger partial charge is 0.0652 e. The van der Waals surface area contributed by atoms with Crippen molar-refractivity contribution in [1.82, 2.24) is 0 Å². The van der Waals surface area contributed by atoms with E-state index in [4.69, 9.17) is 5.10 Å². The summed E-state index contributed by atoms with van der Waals surface area (Å²) in [6.45, 7) is 0.875. The second kappa shape index (κ2) is 8.72. The summed E-state index contributed by atoms with van der Waals surface area (Å²) in [5.74, 6) is 0. The van der Waals surface area contributed by atoms with E-state index in [0.29, 0.717) is 0 Å². The highest BCUT2D eigenvalue weighted by molar-refractivity contribution is 5.87. The molecule has 0 unspecified atom stereocenters. The molecular weight excluding hydrogens is 378 g/mol. The van der Waals surface area contributed by atoms with Crippen LogP contribution in [0.5, 0.6) is 0 Å². The standard InChI is InChI=1S/C28H23N3/c1-4-12-25(13-5-1)30-20-10-11-24-21-23(18-19-28(24)30)22-29-31(26-14-6-2-7-15-26)27-16-8-3-9-17-27/h1-19,21-22H,20H2/b29-22+. The highest BCUT2D eigenvalue weighted by Gasteiger charge is 2.15. The van der Waals surface area contributed by atoms with Crippen LogP contribution in [0.1, 0.15) is 11.1 Å². The molecule has 1 heterocycles. The van der Waals surface area contributed by atoms with Crippen LogP contribution < -0.4 is 9.91 Å². The maximum Gasteiger partial charge on any atom is 0.0652 e. The first-order valence-electron chi connectivity index (χ1n) is 10.5. The van der Waals surface area contributed by atoms with Gasteiger partial charge in [0.05, 0.1) is 17.6 Å². The zero-order chi connectivity index (χ0) is 20.9. The van der Waals surface area contributed by atoms with Gasteiger partial charge in [0.1, 0.15) is 0 Å². The number of rotatable bonds is 5. The van der Waals surface area contributed by atoms with Gasteiger partial charge in [0.2, 0.25) is 0 Å². The van der Waals surface area contributed by atoms with Gasteiger partial charge in [-0.15, -0.1) is 0 Å². The Balaban J connectivity index is 1.46. The largest absolute Gasteiger partial charge is 0.337 e. The van der Waals surface area contributed by atoms with Crippen molar-refractivity contribution in [2.75, 3.05) is 16.5 Å². The van der Waals surface area contributed by atoms with E-state index in [1.165, 1.54) is 16.9 Å². The maximum absolute atomic E-state index is 4.83. The molecule has 3 nitrogen and oxygen atoms in total. The number of hydrogen-bond donors (Lipinski definition) is 0. The minimum absolute atomic E-state index is 0.875. The lowest BCUT2D eigenvalue weighted by Gasteiger charge is -2.28. The summed E-state index contributed by atoms with van der Waals surface area (Å²) in [6.07, 6.45) is 6.32. The van der Waals surface area contributed by atoms with Gasteiger partial charge in [0.15, 0.2) is 0 Å². The Morgan fingerprint density at radius 3 is 1.97 bits per heavy atom. The lowest BCUT2D eigenvalue weighted by atomic mass is 10.0. The third-order valence-electron chi connectivity index (χ3n) is 5.32. The quantitative estimate of drug-likeness (QED) is 0.264. The van der Waals surface area contributed by atoms with Crippen LogP contribution in [0, 0.1) is 0 Å². The van der Waals surface area contributed by atoms with Gasteiger partial charge >= 0.3 is 0 Å². The number of fused-ring (bicyclic) bond motifs is 1. The summed E-state index contributed by atoms with van der Waals surface area (Å²) in [4.78, 5) is 2.33. The summed E-state index contributed by atoms with van der Waals surface area (Å²) in [5.41, 5.74) is 6.74. The highest BCUT2D eigenvalue weighted by Crippen LogP contribution is 2.33. The van der Waals surface area contributed by atoms with Gasteiger partial charge in [-0.1, -0.05) is 72.8 Å². The summed E-state index contributed by atoms with van der Waals surface area (Å²) in [5, 5.41) is 6.80. The molecule has 0 N–H and O–H groups in total. The first kappa shape index (κ1) is 18.9. The molecule has 0 aliphatic carbocycles. The first-order chi connectivity index (χ1) is 15.4. The van der Waals surface area contributed by atoms with Crippen molar-refractivity contribution in [3.63, 3.8) is 0 Å². The molecule has 0 spiro atoms. The van der Waals surface area contributed by atoms with E-state index in [2.05, 4.69) is 89.8 Å². The number of anilines is 4. The average Bonchev–Trinajstić information content (AvgIpc) is 2.85. The summed E-state index contributed by atoms with van der Waals surface area (Å²) >= 11 is 0. The Bertz CT molecular complexity index is 1160. The number of hydrogen-bond acceptors (Lipinski definition) is 3. The van der Waals surface area contributed by atoms with Crippen molar-refractivity contribution in [2.24, 2.45) is 5.10 Å². The van der Waals surface area contributed by atoms with Crippen LogP contribution in [-0.4, -0.2) is 12.8 Å². The second-order valence-corrected chi connectivity index (χ2v) is 7.39. The van der Waals surface area contributed by atoms with Crippen LogP contribution in [0.2, 0.25) is 0 Å². The van der Waals surface area contributed by atoms with Crippen LogP contribution in [0.15, 0.2) is 120 Å². The van der Waals surface area contributed by atoms with E-state index in [9.17, 15) is 0 Å².